The van der Waals surface area contributed by atoms with Crippen LogP contribution in [0.4, 0.5) is 5.69 Å². The minimum atomic E-state index is -0.130. The molecule has 0 unspecified atom stereocenters. The summed E-state index contributed by atoms with van der Waals surface area (Å²) in [5.74, 6) is 1.78. The van der Waals surface area contributed by atoms with E-state index in [0.717, 1.165) is 11.5 Å². The predicted octanol–water partition coefficient (Wildman–Crippen LogP) is 8.94. The van der Waals surface area contributed by atoms with Crippen molar-refractivity contribution in [3.8, 4) is 11.5 Å². The van der Waals surface area contributed by atoms with Gasteiger partial charge in [-0.15, -0.1) is 0 Å². The van der Waals surface area contributed by atoms with Crippen LogP contribution in [-0.4, -0.2) is 21.3 Å². The molecule has 2 aliphatic rings. The molecule has 0 aromatic heterocycles. The van der Waals surface area contributed by atoms with Crippen molar-refractivity contribution >= 4 is 32.8 Å². The van der Waals surface area contributed by atoms with Crippen molar-refractivity contribution in [3.63, 3.8) is 0 Å². The lowest BCUT2D eigenvalue weighted by Gasteiger charge is -2.25. The van der Waals surface area contributed by atoms with E-state index in [1.54, 1.807) is 14.2 Å². The summed E-state index contributed by atoms with van der Waals surface area (Å²) in [6.07, 6.45) is 6.88. The molecule has 0 saturated carbocycles. The summed E-state index contributed by atoms with van der Waals surface area (Å²) in [6.45, 7) is 11.6. The van der Waals surface area contributed by atoms with E-state index in [-0.39, 0.29) is 10.8 Å². The quantitative estimate of drug-likeness (QED) is 0.271. The normalized spacial score (nSPS) is 18.5. The molecule has 0 radical (unpaired) electrons. The second-order valence-electron chi connectivity index (χ2n) is 11.9. The molecule has 0 atom stereocenters. The second-order valence-corrected chi connectivity index (χ2v) is 11.9. The van der Waals surface area contributed by atoms with E-state index in [2.05, 4.69) is 125 Å². The zero-order valence-electron chi connectivity index (χ0n) is 24.3. The Morgan fingerprint density at radius 3 is 1.92 bits per heavy atom. The molecule has 0 amide bonds. The van der Waals surface area contributed by atoms with Crippen LogP contribution in [0.1, 0.15) is 51.3 Å². The Bertz CT molecular complexity index is 1750. The van der Waals surface area contributed by atoms with Gasteiger partial charge in [-0.3, -0.25) is 0 Å². The molecule has 0 fully saturated rings. The van der Waals surface area contributed by atoms with Crippen molar-refractivity contribution < 1.29 is 9.47 Å². The maximum atomic E-state index is 5.48. The van der Waals surface area contributed by atoms with Gasteiger partial charge in [-0.05, 0) is 92.7 Å². The van der Waals surface area contributed by atoms with Gasteiger partial charge in [-0.1, -0.05) is 70.2 Å². The van der Waals surface area contributed by atoms with Crippen LogP contribution >= 0.6 is 0 Å². The lowest BCUT2D eigenvalue weighted by atomic mass is 9.78. The number of anilines is 1. The number of allylic oxidation sites excluding steroid dienone is 6. The molecule has 0 saturated heterocycles. The maximum absolute atomic E-state index is 5.48. The Morgan fingerprint density at radius 1 is 0.718 bits per heavy atom. The lowest BCUT2D eigenvalue weighted by molar-refractivity contribution is 0.415. The first-order chi connectivity index (χ1) is 18.6. The summed E-state index contributed by atoms with van der Waals surface area (Å²) in [5.41, 5.74) is 9.17. The first kappa shape index (κ1) is 25.3. The molecule has 0 N–H and O–H groups in total. The minimum absolute atomic E-state index is 0.0994. The van der Waals surface area contributed by atoms with Crippen LogP contribution in [0.3, 0.4) is 0 Å². The maximum Gasteiger partial charge on any atom is 0.119 e. The molecule has 3 nitrogen and oxygen atoms in total. The van der Waals surface area contributed by atoms with Crippen LogP contribution in [-0.2, 0) is 10.8 Å². The SMILES string of the molecule is COc1ccc2c3c(ccc2c1)C(C)=C(/C=C/C=C1\N(C)c2ccc4cc(OC)ccc4c2C1(C)C)C3(C)C. The summed E-state index contributed by atoms with van der Waals surface area (Å²) in [6, 6.07) is 21.8. The number of ether oxygens (including phenoxy) is 2. The van der Waals surface area contributed by atoms with Crippen LogP contribution in [0.15, 0.2) is 90.2 Å². The fraction of sp³-hybridized carbons (Fsp3) is 0.278. The van der Waals surface area contributed by atoms with Gasteiger partial charge in [0.15, 0.2) is 0 Å². The molecule has 4 aromatic carbocycles. The third kappa shape index (κ3) is 3.63. The van der Waals surface area contributed by atoms with Crippen molar-refractivity contribution in [1.82, 2.24) is 0 Å². The van der Waals surface area contributed by atoms with Crippen molar-refractivity contribution in [3.05, 3.63) is 107 Å². The Labute approximate surface area is 232 Å². The summed E-state index contributed by atoms with van der Waals surface area (Å²) in [7, 11) is 5.63. The van der Waals surface area contributed by atoms with Gasteiger partial charge < -0.3 is 14.4 Å². The standard InChI is InChI=1S/C36H37NO2/c1-22-27-16-12-23-20-25(38-7)14-17-28(23)33(27)35(2,3)30(22)10-9-11-32-36(4,5)34-29-18-15-26(39-8)21-24(29)13-19-31(34)37(32)6/h9-21H,1-8H3/b10-9+,32-11-. The van der Waals surface area contributed by atoms with E-state index in [1.165, 1.54) is 60.8 Å². The molecule has 4 aromatic rings. The van der Waals surface area contributed by atoms with Crippen molar-refractivity contribution in [1.29, 1.82) is 0 Å². The number of rotatable bonds is 4. The highest BCUT2D eigenvalue weighted by atomic mass is 16.5. The van der Waals surface area contributed by atoms with Gasteiger partial charge in [-0.25, -0.2) is 0 Å². The number of hydrogen-bond donors (Lipinski definition) is 0. The second kappa shape index (κ2) is 8.77. The first-order valence-corrected chi connectivity index (χ1v) is 13.7. The Hall–Kier alpha value is -3.98. The third-order valence-corrected chi connectivity index (χ3v) is 9.04. The molecule has 39 heavy (non-hydrogen) atoms. The summed E-state index contributed by atoms with van der Waals surface area (Å²) >= 11 is 0. The number of hydrogen-bond acceptors (Lipinski definition) is 3. The van der Waals surface area contributed by atoms with Gasteiger partial charge in [0.1, 0.15) is 11.5 Å². The molecule has 1 aliphatic carbocycles. The highest BCUT2D eigenvalue weighted by Gasteiger charge is 2.40. The molecule has 1 aliphatic heterocycles. The molecular formula is C36H37NO2. The molecule has 1 heterocycles. The van der Waals surface area contributed by atoms with Crippen LogP contribution in [0, 0.1) is 0 Å². The van der Waals surface area contributed by atoms with E-state index in [0.29, 0.717) is 0 Å². The Balaban J connectivity index is 1.39. The van der Waals surface area contributed by atoms with Gasteiger partial charge in [0.05, 0.1) is 14.2 Å². The summed E-state index contributed by atoms with van der Waals surface area (Å²) in [5, 5.41) is 5.02. The predicted molar refractivity (Wildman–Crippen MR) is 165 cm³/mol. The largest absolute Gasteiger partial charge is 0.497 e. The molecule has 0 spiro atoms. The fourth-order valence-electron chi connectivity index (χ4n) is 7.10. The van der Waals surface area contributed by atoms with E-state index < -0.39 is 0 Å². The number of nitrogens with zero attached hydrogens (tertiary/aromatic N) is 1. The van der Waals surface area contributed by atoms with Gasteiger partial charge in [-0.2, -0.15) is 0 Å². The number of methoxy groups -OCH3 is 2. The van der Waals surface area contributed by atoms with Gasteiger partial charge in [0.25, 0.3) is 0 Å². The van der Waals surface area contributed by atoms with E-state index >= 15 is 0 Å². The highest BCUT2D eigenvalue weighted by molar-refractivity contribution is 5.97. The van der Waals surface area contributed by atoms with Gasteiger partial charge >= 0.3 is 0 Å². The Morgan fingerprint density at radius 2 is 1.31 bits per heavy atom. The van der Waals surface area contributed by atoms with E-state index in [9.17, 15) is 0 Å². The molecule has 3 heteroatoms. The van der Waals surface area contributed by atoms with Crippen LogP contribution in [0.5, 0.6) is 11.5 Å². The smallest absolute Gasteiger partial charge is 0.119 e. The first-order valence-electron chi connectivity index (χ1n) is 13.7. The summed E-state index contributed by atoms with van der Waals surface area (Å²) in [4.78, 5) is 2.35. The Kier molecular flexibility index (Phi) is 5.69. The zero-order valence-corrected chi connectivity index (χ0v) is 24.3. The van der Waals surface area contributed by atoms with Crippen LogP contribution in [0.25, 0.3) is 27.1 Å². The zero-order chi connectivity index (χ0) is 27.7. The van der Waals surface area contributed by atoms with Crippen LogP contribution < -0.4 is 14.4 Å². The molecular weight excluding hydrogens is 478 g/mol. The number of likely N-dealkylation sites (N-methyl/N-ethyl adjacent to an activating group) is 1. The van der Waals surface area contributed by atoms with Gasteiger partial charge in [0.2, 0.25) is 0 Å². The molecule has 0 bridgehead atoms. The lowest BCUT2D eigenvalue weighted by Crippen LogP contribution is -2.22. The van der Waals surface area contributed by atoms with Crippen molar-refractivity contribution in [2.24, 2.45) is 0 Å². The fourth-order valence-corrected chi connectivity index (χ4v) is 7.10. The number of fused-ring (bicyclic) bond motifs is 6. The van der Waals surface area contributed by atoms with Gasteiger partial charge in [0, 0.05) is 29.3 Å². The van der Waals surface area contributed by atoms with E-state index in [4.69, 9.17) is 9.47 Å². The third-order valence-electron chi connectivity index (χ3n) is 9.04. The molecule has 198 valence electrons. The molecule has 6 rings (SSSR count). The summed E-state index contributed by atoms with van der Waals surface area (Å²) < 4.78 is 11.0. The average molecular weight is 516 g/mol. The van der Waals surface area contributed by atoms with Crippen LogP contribution in [0.2, 0.25) is 0 Å². The van der Waals surface area contributed by atoms with Crippen molar-refractivity contribution in [2.45, 2.75) is 45.4 Å². The number of benzene rings is 4. The minimum Gasteiger partial charge on any atom is -0.497 e. The average Bonchev–Trinajstić information content (AvgIpc) is 3.25. The highest BCUT2D eigenvalue weighted by Crippen LogP contribution is 2.52. The monoisotopic (exact) mass is 515 g/mol. The topological polar surface area (TPSA) is 21.7 Å². The van der Waals surface area contributed by atoms with E-state index in [1.807, 2.05) is 0 Å². The van der Waals surface area contributed by atoms with Crippen molar-refractivity contribution in [2.75, 3.05) is 26.2 Å².